The van der Waals surface area contributed by atoms with Crippen molar-refractivity contribution in [3.8, 4) is 11.9 Å². The summed E-state index contributed by atoms with van der Waals surface area (Å²) in [6.45, 7) is 2.56. The van der Waals surface area contributed by atoms with Crippen molar-refractivity contribution in [3.63, 3.8) is 0 Å². The SMILES string of the molecule is CC(C)(O)[C@H](F)CNC(=O)c1cnc(-n2ncc3cc(C#N)cnc32)cc1N[C@@H]1CCN(C(=O)c2ccc(F)cc2F)C1. The monoisotopic (exact) mass is 592 g/mol. The molecule has 43 heavy (non-hydrogen) atoms. The van der Waals surface area contributed by atoms with E-state index in [4.69, 9.17) is 5.26 Å². The van der Waals surface area contributed by atoms with Crippen molar-refractivity contribution in [3.05, 3.63) is 77.2 Å². The van der Waals surface area contributed by atoms with Crippen molar-refractivity contribution in [2.24, 2.45) is 0 Å². The predicted molar refractivity (Wildman–Crippen MR) is 149 cm³/mol. The number of aliphatic hydroxyl groups is 1. The molecule has 1 saturated heterocycles. The normalized spacial score (nSPS) is 15.7. The van der Waals surface area contributed by atoms with Gasteiger partial charge in [0, 0.05) is 49.0 Å². The summed E-state index contributed by atoms with van der Waals surface area (Å²) in [6, 6.07) is 7.58. The molecule has 0 radical (unpaired) electrons. The fraction of sp³-hybridized carbons (Fsp3) is 0.310. The smallest absolute Gasteiger partial charge is 0.256 e. The Morgan fingerprint density at radius 3 is 2.67 bits per heavy atom. The van der Waals surface area contributed by atoms with E-state index in [-0.39, 0.29) is 36.1 Å². The number of nitrogens with zero attached hydrogens (tertiary/aromatic N) is 6. The van der Waals surface area contributed by atoms with Crippen LogP contribution in [0.1, 0.15) is 46.5 Å². The summed E-state index contributed by atoms with van der Waals surface area (Å²) in [6.07, 6.45) is 2.91. The number of carbonyl (C=O) groups excluding carboxylic acids is 2. The van der Waals surface area contributed by atoms with Crippen molar-refractivity contribution in [1.82, 2.24) is 30.0 Å². The molecule has 1 aliphatic heterocycles. The summed E-state index contributed by atoms with van der Waals surface area (Å²) >= 11 is 0. The first-order valence-electron chi connectivity index (χ1n) is 13.3. The Morgan fingerprint density at radius 1 is 1.16 bits per heavy atom. The van der Waals surface area contributed by atoms with E-state index >= 15 is 0 Å². The summed E-state index contributed by atoms with van der Waals surface area (Å²) in [4.78, 5) is 36.1. The molecule has 1 aromatic carbocycles. The minimum atomic E-state index is -1.74. The quantitative estimate of drug-likeness (QED) is 0.283. The molecule has 222 valence electrons. The molecule has 0 unspecified atom stereocenters. The first-order chi connectivity index (χ1) is 20.4. The van der Waals surface area contributed by atoms with Crippen molar-refractivity contribution in [1.29, 1.82) is 5.26 Å². The van der Waals surface area contributed by atoms with Crippen molar-refractivity contribution in [2.45, 2.75) is 38.1 Å². The Labute approximate surface area is 244 Å². The molecule has 5 rings (SSSR count). The van der Waals surface area contributed by atoms with Crippen LogP contribution < -0.4 is 10.6 Å². The van der Waals surface area contributed by atoms with Gasteiger partial charge in [-0.1, -0.05) is 0 Å². The summed E-state index contributed by atoms with van der Waals surface area (Å²) in [5.74, 6) is -2.72. The van der Waals surface area contributed by atoms with E-state index < -0.39 is 41.8 Å². The van der Waals surface area contributed by atoms with Gasteiger partial charge in [0.25, 0.3) is 11.8 Å². The van der Waals surface area contributed by atoms with E-state index in [1.807, 2.05) is 6.07 Å². The van der Waals surface area contributed by atoms with Crippen LogP contribution in [0, 0.1) is 23.0 Å². The maximum Gasteiger partial charge on any atom is 0.256 e. The zero-order valence-corrected chi connectivity index (χ0v) is 23.2. The number of rotatable bonds is 8. The van der Waals surface area contributed by atoms with Crippen molar-refractivity contribution < 1.29 is 27.9 Å². The van der Waals surface area contributed by atoms with Crippen LogP contribution in [-0.4, -0.2) is 79.0 Å². The molecule has 0 spiro atoms. The second-order valence-corrected chi connectivity index (χ2v) is 10.7. The number of likely N-dealkylation sites (tertiary alicyclic amines) is 1. The molecule has 0 bridgehead atoms. The van der Waals surface area contributed by atoms with Crippen molar-refractivity contribution >= 4 is 28.5 Å². The summed E-state index contributed by atoms with van der Waals surface area (Å²) in [7, 11) is 0. The second kappa shape index (κ2) is 11.7. The Balaban J connectivity index is 1.42. The minimum Gasteiger partial charge on any atom is -0.387 e. The van der Waals surface area contributed by atoms with Crippen LogP contribution in [0.15, 0.2) is 48.9 Å². The third-order valence-corrected chi connectivity index (χ3v) is 7.09. The lowest BCUT2D eigenvalue weighted by molar-refractivity contribution is -0.00178. The van der Waals surface area contributed by atoms with E-state index in [0.717, 1.165) is 12.1 Å². The number of pyridine rings is 2. The number of aromatic nitrogens is 4. The zero-order valence-electron chi connectivity index (χ0n) is 23.2. The highest BCUT2D eigenvalue weighted by Crippen LogP contribution is 2.25. The highest BCUT2D eigenvalue weighted by molar-refractivity contribution is 6.00. The number of halogens is 3. The number of hydrogen-bond acceptors (Lipinski definition) is 8. The molecule has 4 aromatic rings. The number of nitrogens with one attached hydrogen (secondary N) is 2. The van der Waals surface area contributed by atoms with Crippen LogP contribution in [0.3, 0.4) is 0 Å². The first kappa shape index (κ1) is 29.5. The number of nitriles is 1. The molecule has 0 aliphatic carbocycles. The topological polar surface area (TPSA) is 149 Å². The Morgan fingerprint density at radius 2 is 1.95 bits per heavy atom. The van der Waals surface area contributed by atoms with Gasteiger partial charge < -0.3 is 20.6 Å². The summed E-state index contributed by atoms with van der Waals surface area (Å²) in [5, 5.41) is 29.7. The Bertz CT molecular complexity index is 1750. The highest BCUT2D eigenvalue weighted by atomic mass is 19.1. The molecule has 4 heterocycles. The second-order valence-electron chi connectivity index (χ2n) is 10.7. The van der Waals surface area contributed by atoms with Gasteiger partial charge in [-0.3, -0.25) is 9.59 Å². The first-order valence-corrected chi connectivity index (χ1v) is 13.3. The number of anilines is 1. The number of fused-ring (bicyclic) bond motifs is 1. The van der Waals surface area contributed by atoms with Crippen molar-refractivity contribution in [2.75, 3.05) is 25.0 Å². The highest BCUT2D eigenvalue weighted by Gasteiger charge is 2.31. The molecule has 1 aliphatic rings. The molecule has 3 aromatic heterocycles. The molecule has 11 nitrogen and oxygen atoms in total. The minimum absolute atomic E-state index is 0.0669. The fourth-order valence-electron chi connectivity index (χ4n) is 4.65. The molecule has 2 atom stereocenters. The van der Waals surface area contributed by atoms with Gasteiger partial charge in [0.1, 0.15) is 23.9 Å². The van der Waals surface area contributed by atoms with Gasteiger partial charge in [-0.25, -0.2) is 23.1 Å². The Hall–Kier alpha value is -5.03. The van der Waals surface area contributed by atoms with Crippen LogP contribution in [-0.2, 0) is 0 Å². The summed E-state index contributed by atoms with van der Waals surface area (Å²) in [5.41, 5.74) is -0.784. The lowest BCUT2D eigenvalue weighted by atomic mass is 10.0. The van der Waals surface area contributed by atoms with E-state index in [0.29, 0.717) is 34.8 Å². The maximum atomic E-state index is 14.4. The molecule has 1 fully saturated rings. The average Bonchev–Trinajstić information content (AvgIpc) is 3.61. The van der Waals surface area contributed by atoms with Crippen LogP contribution in [0.4, 0.5) is 18.9 Å². The van der Waals surface area contributed by atoms with Crippen LogP contribution in [0.2, 0.25) is 0 Å². The Kier molecular flexibility index (Phi) is 8.01. The van der Waals surface area contributed by atoms with Gasteiger partial charge in [-0.15, -0.1) is 0 Å². The standard InChI is InChI=1S/C29H27F3N8O3/c1-29(2,43)24(32)14-36-27(41)21-13-34-25(40-26-17(12-37-40)7-16(10-33)11-35-26)9-23(21)38-19-5-6-39(15-19)28(42)20-4-3-18(30)8-22(20)31/h3-4,7-9,11-13,19,24,43H,5-6,14-15H2,1-2H3,(H,34,38)(H,36,41)/t19-,24-/m1/s1. The van der Waals surface area contributed by atoms with Crippen LogP contribution in [0.25, 0.3) is 16.9 Å². The average molecular weight is 593 g/mol. The van der Waals surface area contributed by atoms with E-state index in [2.05, 4.69) is 25.7 Å². The fourth-order valence-corrected chi connectivity index (χ4v) is 4.65. The van der Waals surface area contributed by atoms with Crippen LogP contribution >= 0.6 is 0 Å². The van der Waals surface area contributed by atoms with E-state index in [1.54, 1.807) is 12.1 Å². The molecular formula is C29H27F3N8O3. The van der Waals surface area contributed by atoms with E-state index in [9.17, 15) is 27.9 Å². The number of benzene rings is 1. The number of amides is 2. The van der Waals surface area contributed by atoms with Gasteiger partial charge in [0.05, 0.1) is 40.7 Å². The molecule has 14 heteroatoms. The molecular weight excluding hydrogens is 565 g/mol. The third-order valence-electron chi connectivity index (χ3n) is 7.09. The lowest BCUT2D eigenvalue weighted by Gasteiger charge is -2.23. The lowest BCUT2D eigenvalue weighted by Crippen LogP contribution is -2.42. The molecule has 3 N–H and O–H groups in total. The summed E-state index contributed by atoms with van der Waals surface area (Å²) < 4.78 is 43.4. The number of hydrogen-bond donors (Lipinski definition) is 3. The van der Waals surface area contributed by atoms with Gasteiger partial charge in [-0.05, 0) is 38.5 Å². The van der Waals surface area contributed by atoms with Gasteiger partial charge in [0.15, 0.2) is 11.5 Å². The van der Waals surface area contributed by atoms with Gasteiger partial charge in [0.2, 0.25) is 0 Å². The zero-order chi connectivity index (χ0) is 30.9. The van der Waals surface area contributed by atoms with Gasteiger partial charge >= 0.3 is 0 Å². The third kappa shape index (κ3) is 6.26. The van der Waals surface area contributed by atoms with Crippen LogP contribution in [0.5, 0.6) is 0 Å². The largest absolute Gasteiger partial charge is 0.387 e. The molecule has 2 amide bonds. The maximum absolute atomic E-state index is 14.4. The van der Waals surface area contributed by atoms with Gasteiger partial charge in [-0.2, -0.15) is 15.0 Å². The number of carbonyl (C=O) groups is 2. The molecule has 0 saturated carbocycles. The number of alkyl halides is 1. The predicted octanol–water partition coefficient (Wildman–Crippen LogP) is 3.13. The van der Waals surface area contributed by atoms with E-state index in [1.165, 1.54) is 42.0 Å².